The number of nitrogens with one attached hydrogen (secondary N) is 2. The number of hydrogen-bond acceptors (Lipinski definition) is 4. The van der Waals surface area contributed by atoms with E-state index in [1.54, 1.807) is 18.4 Å². The molecule has 1 aromatic carbocycles. The van der Waals surface area contributed by atoms with E-state index in [4.69, 9.17) is 37.1 Å². The van der Waals surface area contributed by atoms with Crippen LogP contribution in [0, 0.1) is 0 Å². The Morgan fingerprint density at radius 3 is 2.57 bits per heavy atom. The summed E-state index contributed by atoms with van der Waals surface area (Å²) >= 11 is 12.6. The van der Waals surface area contributed by atoms with E-state index in [2.05, 4.69) is 12.2 Å². The van der Waals surface area contributed by atoms with Gasteiger partial charge in [0.25, 0.3) is 5.91 Å². The summed E-state index contributed by atoms with van der Waals surface area (Å²) in [5.74, 6) is 1.03. The number of furan rings is 1. The standard InChI is InChI=1S/C21H26Cl2N2O4.ClH/c1-2-3-8-29-20-16(22)12-15(13-17(20)23)21(26)24-14-18(19-5-4-9-28-19)25-6-10-27-11-7-25;/h4-5,9,12-13,18H,2-3,6-8,10-11,14H2,1H3,(H,24,26);1H. The second kappa shape index (κ2) is 12.4. The fourth-order valence-corrected chi connectivity index (χ4v) is 3.96. The van der Waals surface area contributed by atoms with E-state index in [9.17, 15) is 4.79 Å². The fraction of sp³-hybridized carbons (Fsp3) is 0.476. The number of quaternary nitrogens is 1. The Bertz CT molecular complexity index is 773. The molecule has 0 aliphatic carbocycles. The first kappa shape index (κ1) is 24.8. The number of carbonyl (C=O) groups is 1. The molecule has 1 aliphatic heterocycles. The number of rotatable bonds is 9. The largest absolute Gasteiger partial charge is 1.00 e. The first-order valence-corrected chi connectivity index (χ1v) is 10.7. The molecule has 2 N–H and O–H groups in total. The quantitative estimate of drug-likeness (QED) is 0.505. The minimum atomic E-state index is -0.238. The molecule has 0 radical (unpaired) electrons. The number of ether oxygens (including phenoxy) is 2. The topological polar surface area (TPSA) is 65.1 Å². The molecule has 2 heterocycles. The Morgan fingerprint density at radius 2 is 1.97 bits per heavy atom. The van der Waals surface area contributed by atoms with E-state index in [-0.39, 0.29) is 24.4 Å². The maximum atomic E-state index is 12.7. The third kappa shape index (κ3) is 6.53. The molecular formula is C21H27Cl3N2O4. The molecule has 9 heteroatoms. The number of carbonyl (C=O) groups excluding carboxylic acids is 1. The maximum Gasteiger partial charge on any atom is 0.251 e. The lowest BCUT2D eigenvalue weighted by atomic mass is 10.1. The number of benzene rings is 1. The molecule has 1 aliphatic rings. The van der Waals surface area contributed by atoms with Gasteiger partial charge in [-0.1, -0.05) is 36.5 Å². The van der Waals surface area contributed by atoms with E-state index in [0.29, 0.717) is 47.7 Å². The van der Waals surface area contributed by atoms with Crippen molar-refractivity contribution in [3.63, 3.8) is 0 Å². The zero-order valence-electron chi connectivity index (χ0n) is 16.9. The molecule has 1 aromatic heterocycles. The van der Waals surface area contributed by atoms with Gasteiger partial charge in [-0.25, -0.2) is 0 Å². The van der Waals surface area contributed by atoms with Crippen LogP contribution in [0.5, 0.6) is 5.75 Å². The van der Waals surface area contributed by atoms with Crippen LogP contribution in [-0.2, 0) is 4.74 Å². The highest BCUT2D eigenvalue weighted by Crippen LogP contribution is 2.34. The average Bonchev–Trinajstić information content (AvgIpc) is 3.25. The number of hydrogen-bond donors (Lipinski definition) is 2. The van der Waals surface area contributed by atoms with Crippen molar-refractivity contribution in [2.45, 2.75) is 25.8 Å². The molecule has 1 saturated heterocycles. The van der Waals surface area contributed by atoms with Gasteiger partial charge in [0.15, 0.2) is 17.6 Å². The van der Waals surface area contributed by atoms with Crippen LogP contribution in [-0.4, -0.2) is 45.4 Å². The molecule has 2 aromatic rings. The van der Waals surface area contributed by atoms with Crippen LogP contribution in [0.15, 0.2) is 34.9 Å². The van der Waals surface area contributed by atoms with E-state index in [1.807, 2.05) is 12.1 Å². The Kier molecular flexibility index (Phi) is 10.3. The molecule has 1 fully saturated rings. The molecule has 0 saturated carbocycles. The van der Waals surface area contributed by atoms with Gasteiger partial charge < -0.3 is 36.5 Å². The summed E-state index contributed by atoms with van der Waals surface area (Å²) in [6.45, 7) is 6.18. The van der Waals surface area contributed by atoms with Gasteiger partial charge in [0, 0.05) is 5.56 Å². The molecule has 166 valence electrons. The predicted octanol–water partition coefficient (Wildman–Crippen LogP) is 0.156. The molecule has 0 spiro atoms. The highest BCUT2D eigenvalue weighted by molar-refractivity contribution is 6.37. The summed E-state index contributed by atoms with van der Waals surface area (Å²) in [5.41, 5.74) is 0.401. The van der Waals surface area contributed by atoms with Crippen LogP contribution < -0.4 is 27.4 Å². The van der Waals surface area contributed by atoms with E-state index in [1.165, 1.54) is 4.90 Å². The summed E-state index contributed by atoms with van der Waals surface area (Å²) in [6.07, 6.45) is 3.57. The number of amides is 1. The molecule has 1 amide bonds. The van der Waals surface area contributed by atoms with E-state index < -0.39 is 0 Å². The van der Waals surface area contributed by atoms with Gasteiger partial charge in [0.05, 0.1) is 42.7 Å². The second-order valence-electron chi connectivity index (χ2n) is 7.02. The van der Waals surface area contributed by atoms with Crippen LogP contribution in [0.3, 0.4) is 0 Å². The molecular weight excluding hydrogens is 451 g/mol. The van der Waals surface area contributed by atoms with Gasteiger partial charge in [-0.15, -0.1) is 0 Å². The van der Waals surface area contributed by atoms with Crippen molar-refractivity contribution < 1.29 is 36.0 Å². The molecule has 30 heavy (non-hydrogen) atoms. The lowest BCUT2D eigenvalue weighted by Crippen LogP contribution is -3.15. The van der Waals surface area contributed by atoms with Gasteiger partial charge in [0.2, 0.25) is 0 Å². The zero-order chi connectivity index (χ0) is 20.6. The van der Waals surface area contributed by atoms with Gasteiger partial charge in [-0.05, 0) is 30.7 Å². The van der Waals surface area contributed by atoms with Crippen molar-refractivity contribution in [2.75, 3.05) is 39.5 Å². The van der Waals surface area contributed by atoms with Crippen LogP contribution in [0.4, 0.5) is 0 Å². The smallest absolute Gasteiger partial charge is 0.251 e. The SMILES string of the molecule is CCCCOc1c(Cl)cc(C(=O)NCC(c2ccco2)[NH+]2CCOCC2)cc1Cl.[Cl-]. The molecule has 0 bridgehead atoms. The number of halogens is 3. The summed E-state index contributed by atoms with van der Waals surface area (Å²) in [6, 6.07) is 7.00. The van der Waals surface area contributed by atoms with Crippen molar-refractivity contribution in [3.8, 4) is 5.75 Å². The van der Waals surface area contributed by atoms with Crippen LogP contribution in [0.25, 0.3) is 0 Å². The highest BCUT2D eigenvalue weighted by Gasteiger charge is 2.29. The zero-order valence-corrected chi connectivity index (χ0v) is 19.2. The molecule has 1 atom stereocenters. The second-order valence-corrected chi connectivity index (χ2v) is 7.83. The minimum Gasteiger partial charge on any atom is -1.00 e. The van der Waals surface area contributed by atoms with Gasteiger partial charge in [-0.2, -0.15) is 0 Å². The normalized spacial score (nSPS) is 15.3. The van der Waals surface area contributed by atoms with Crippen LogP contribution in [0.1, 0.15) is 41.9 Å². The molecule has 6 nitrogen and oxygen atoms in total. The van der Waals surface area contributed by atoms with Gasteiger partial charge in [-0.3, -0.25) is 4.79 Å². The lowest BCUT2D eigenvalue weighted by Gasteiger charge is -2.30. The molecule has 3 rings (SSSR count). The van der Waals surface area contributed by atoms with Crippen molar-refractivity contribution >= 4 is 29.1 Å². The first-order valence-electron chi connectivity index (χ1n) is 9.96. The Morgan fingerprint density at radius 1 is 1.27 bits per heavy atom. The van der Waals surface area contributed by atoms with E-state index in [0.717, 1.165) is 31.7 Å². The van der Waals surface area contributed by atoms with Gasteiger partial charge >= 0.3 is 0 Å². The Hall–Kier alpha value is -1.44. The van der Waals surface area contributed by atoms with Crippen LogP contribution in [0.2, 0.25) is 10.0 Å². The van der Waals surface area contributed by atoms with Crippen molar-refractivity contribution in [1.82, 2.24) is 5.32 Å². The number of morpholine rings is 1. The molecule has 1 unspecified atom stereocenters. The summed E-state index contributed by atoms with van der Waals surface area (Å²) in [5, 5.41) is 3.66. The summed E-state index contributed by atoms with van der Waals surface area (Å²) < 4.78 is 16.7. The fourth-order valence-electron chi connectivity index (χ4n) is 3.36. The summed E-state index contributed by atoms with van der Waals surface area (Å²) in [4.78, 5) is 14.1. The minimum absolute atomic E-state index is 0. The van der Waals surface area contributed by atoms with Crippen molar-refractivity contribution in [1.29, 1.82) is 0 Å². The third-order valence-corrected chi connectivity index (χ3v) is 5.55. The predicted molar refractivity (Wildman–Crippen MR) is 112 cm³/mol. The Labute approximate surface area is 193 Å². The van der Waals surface area contributed by atoms with Crippen LogP contribution >= 0.6 is 23.2 Å². The highest BCUT2D eigenvalue weighted by atomic mass is 35.5. The monoisotopic (exact) mass is 476 g/mol. The number of unbranched alkanes of at least 4 members (excludes halogenated alkanes) is 1. The van der Waals surface area contributed by atoms with Gasteiger partial charge in [0.1, 0.15) is 13.1 Å². The summed E-state index contributed by atoms with van der Waals surface area (Å²) in [7, 11) is 0. The van der Waals surface area contributed by atoms with Crippen molar-refractivity contribution in [2.24, 2.45) is 0 Å². The Balaban J connectivity index is 0.00000320. The van der Waals surface area contributed by atoms with E-state index >= 15 is 0 Å². The maximum absolute atomic E-state index is 12.7. The lowest BCUT2D eigenvalue weighted by molar-refractivity contribution is -0.938. The third-order valence-electron chi connectivity index (χ3n) is 4.99. The average molecular weight is 478 g/mol. The van der Waals surface area contributed by atoms with Crippen molar-refractivity contribution in [3.05, 3.63) is 51.9 Å². The first-order chi connectivity index (χ1) is 14.1.